The minimum absolute atomic E-state index is 0.140. The molecule has 0 radical (unpaired) electrons. The van der Waals surface area contributed by atoms with Gasteiger partial charge in [-0.05, 0) is 36.8 Å². The van der Waals surface area contributed by atoms with Crippen LogP contribution in [0.2, 0.25) is 0 Å². The molecule has 1 aromatic heterocycles. The van der Waals surface area contributed by atoms with Crippen LogP contribution in [0.1, 0.15) is 16.9 Å². The molecular formula is C22H16FNO2S2. The number of thioether (sulfide) groups is 1. The van der Waals surface area contributed by atoms with E-state index in [0.29, 0.717) is 32.9 Å². The maximum Gasteiger partial charge on any atom is 0.266 e. The summed E-state index contributed by atoms with van der Waals surface area (Å²) >= 11 is 6.64. The highest BCUT2D eigenvalue weighted by Crippen LogP contribution is 2.34. The molecule has 2 heterocycles. The fourth-order valence-corrected chi connectivity index (χ4v) is 4.10. The first-order chi connectivity index (χ1) is 13.5. The summed E-state index contributed by atoms with van der Waals surface area (Å²) in [6.07, 6.45) is 1.68. The molecule has 0 N–H and O–H groups in total. The highest BCUT2D eigenvalue weighted by atomic mass is 32.2. The molecule has 0 bridgehead atoms. The van der Waals surface area contributed by atoms with Crippen molar-refractivity contribution in [3.63, 3.8) is 0 Å². The first kappa shape index (κ1) is 18.7. The molecule has 28 heavy (non-hydrogen) atoms. The van der Waals surface area contributed by atoms with Gasteiger partial charge in [-0.3, -0.25) is 9.69 Å². The van der Waals surface area contributed by atoms with Gasteiger partial charge in [-0.15, -0.1) is 0 Å². The number of nitrogens with zero attached hydrogens (tertiary/aromatic N) is 1. The van der Waals surface area contributed by atoms with Gasteiger partial charge >= 0.3 is 0 Å². The van der Waals surface area contributed by atoms with Crippen molar-refractivity contribution >= 4 is 40.3 Å². The van der Waals surface area contributed by atoms with Crippen molar-refractivity contribution in [3.8, 4) is 11.3 Å². The monoisotopic (exact) mass is 409 g/mol. The fourth-order valence-electron chi connectivity index (χ4n) is 2.87. The molecule has 1 aliphatic rings. The van der Waals surface area contributed by atoms with Crippen LogP contribution in [0.15, 0.2) is 70.0 Å². The standard InChI is InChI=1S/C22H16FNO2S2/c1-14-5-7-15(8-6-14)13-24-21(25)20(28-22(24)27)12-18-9-10-19(26-18)16-3-2-4-17(23)11-16/h2-12H,13H2,1H3. The lowest BCUT2D eigenvalue weighted by Crippen LogP contribution is -2.27. The van der Waals surface area contributed by atoms with E-state index in [2.05, 4.69) is 0 Å². The Labute approximate surface area is 171 Å². The van der Waals surface area contributed by atoms with Gasteiger partial charge in [-0.25, -0.2) is 4.39 Å². The predicted octanol–water partition coefficient (Wildman–Crippen LogP) is 5.80. The number of furan rings is 1. The maximum absolute atomic E-state index is 13.4. The molecule has 1 saturated heterocycles. The second-order valence-corrected chi connectivity index (χ2v) is 8.14. The molecule has 4 rings (SSSR count). The highest BCUT2D eigenvalue weighted by molar-refractivity contribution is 8.26. The third-order valence-electron chi connectivity index (χ3n) is 4.34. The first-order valence-corrected chi connectivity index (χ1v) is 9.89. The average molecular weight is 410 g/mol. The molecule has 140 valence electrons. The fraction of sp³-hybridized carbons (Fsp3) is 0.0909. The van der Waals surface area contributed by atoms with Crippen LogP contribution in [0.3, 0.4) is 0 Å². The van der Waals surface area contributed by atoms with Crippen molar-refractivity contribution in [1.82, 2.24) is 4.90 Å². The number of thiocarbonyl (C=S) groups is 1. The summed E-state index contributed by atoms with van der Waals surface area (Å²) in [6.45, 7) is 2.46. The van der Waals surface area contributed by atoms with Gasteiger partial charge in [0.2, 0.25) is 0 Å². The number of halogens is 1. The Balaban J connectivity index is 1.53. The van der Waals surface area contributed by atoms with Crippen LogP contribution >= 0.6 is 24.0 Å². The lowest BCUT2D eigenvalue weighted by molar-refractivity contribution is -0.122. The van der Waals surface area contributed by atoms with E-state index in [0.717, 1.165) is 5.56 Å². The quantitative estimate of drug-likeness (QED) is 0.403. The molecule has 3 nitrogen and oxygen atoms in total. The molecule has 6 heteroatoms. The number of carbonyl (C=O) groups excluding carboxylic acids is 1. The van der Waals surface area contributed by atoms with E-state index in [1.165, 1.54) is 29.5 Å². The lowest BCUT2D eigenvalue weighted by Gasteiger charge is -2.14. The number of hydrogen-bond donors (Lipinski definition) is 0. The molecule has 0 saturated carbocycles. The highest BCUT2D eigenvalue weighted by Gasteiger charge is 2.32. The Kier molecular flexibility index (Phi) is 5.15. The van der Waals surface area contributed by atoms with Crippen molar-refractivity contribution in [2.75, 3.05) is 0 Å². The molecule has 0 spiro atoms. The third kappa shape index (κ3) is 3.93. The lowest BCUT2D eigenvalue weighted by atomic mass is 10.1. The van der Waals surface area contributed by atoms with Crippen molar-refractivity contribution in [1.29, 1.82) is 0 Å². The number of carbonyl (C=O) groups is 1. The number of hydrogen-bond acceptors (Lipinski definition) is 4. The van der Waals surface area contributed by atoms with E-state index >= 15 is 0 Å². The summed E-state index contributed by atoms with van der Waals surface area (Å²) in [4.78, 5) is 14.9. The van der Waals surface area contributed by atoms with Crippen LogP contribution in [-0.2, 0) is 11.3 Å². The van der Waals surface area contributed by atoms with Crippen molar-refractivity contribution in [2.24, 2.45) is 0 Å². The van der Waals surface area contributed by atoms with E-state index in [1.54, 1.807) is 35.2 Å². The minimum atomic E-state index is -0.326. The second kappa shape index (κ2) is 7.73. The van der Waals surface area contributed by atoms with Gasteiger partial charge in [-0.2, -0.15) is 0 Å². The van der Waals surface area contributed by atoms with E-state index in [4.69, 9.17) is 16.6 Å². The van der Waals surface area contributed by atoms with Gasteiger partial charge in [0.05, 0.1) is 11.4 Å². The van der Waals surface area contributed by atoms with E-state index < -0.39 is 0 Å². The summed E-state index contributed by atoms with van der Waals surface area (Å²) in [7, 11) is 0. The smallest absolute Gasteiger partial charge is 0.266 e. The maximum atomic E-state index is 13.4. The van der Waals surface area contributed by atoms with Crippen molar-refractivity contribution in [2.45, 2.75) is 13.5 Å². The van der Waals surface area contributed by atoms with Gasteiger partial charge in [0.1, 0.15) is 21.7 Å². The Morgan fingerprint density at radius 2 is 1.93 bits per heavy atom. The average Bonchev–Trinajstić information content (AvgIpc) is 3.24. The Morgan fingerprint density at radius 3 is 2.68 bits per heavy atom. The number of rotatable bonds is 4. The summed E-state index contributed by atoms with van der Waals surface area (Å²) in [5.74, 6) is 0.600. The largest absolute Gasteiger partial charge is 0.457 e. The van der Waals surface area contributed by atoms with Crippen LogP contribution in [0, 0.1) is 12.7 Å². The number of amides is 1. The van der Waals surface area contributed by atoms with Crippen molar-refractivity contribution in [3.05, 3.63) is 88.3 Å². The third-order valence-corrected chi connectivity index (χ3v) is 5.72. The van der Waals surface area contributed by atoms with Crippen LogP contribution in [0.4, 0.5) is 4.39 Å². The zero-order chi connectivity index (χ0) is 19.7. The Morgan fingerprint density at radius 1 is 1.14 bits per heavy atom. The van der Waals surface area contributed by atoms with E-state index in [-0.39, 0.29) is 11.7 Å². The summed E-state index contributed by atoms with van der Waals surface area (Å²) in [5.41, 5.74) is 2.84. The normalized spacial score (nSPS) is 15.6. The number of benzene rings is 2. The van der Waals surface area contributed by atoms with Gasteiger partial charge in [0, 0.05) is 11.6 Å². The molecule has 1 amide bonds. The van der Waals surface area contributed by atoms with E-state index in [1.807, 2.05) is 31.2 Å². The molecule has 3 aromatic rings. The molecular weight excluding hydrogens is 393 g/mol. The van der Waals surface area contributed by atoms with Crippen LogP contribution in [0.25, 0.3) is 17.4 Å². The van der Waals surface area contributed by atoms with E-state index in [9.17, 15) is 9.18 Å². The number of aryl methyl sites for hydroxylation is 1. The summed E-state index contributed by atoms with van der Waals surface area (Å²) in [6, 6.07) is 17.7. The first-order valence-electron chi connectivity index (χ1n) is 8.66. The Hall–Kier alpha value is -2.70. The second-order valence-electron chi connectivity index (χ2n) is 6.47. The topological polar surface area (TPSA) is 33.5 Å². The molecule has 0 atom stereocenters. The zero-order valence-electron chi connectivity index (χ0n) is 15.0. The zero-order valence-corrected chi connectivity index (χ0v) is 16.6. The Bertz CT molecular complexity index is 1090. The molecule has 1 fully saturated rings. The molecule has 1 aliphatic heterocycles. The molecule has 0 unspecified atom stereocenters. The van der Waals surface area contributed by atoms with Gasteiger partial charge in [-0.1, -0.05) is 65.9 Å². The van der Waals surface area contributed by atoms with Crippen LogP contribution in [0.5, 0.6) is 0 Å². The summed E-state index contributed by atoms with van der Waals surface area (Å²) in [5, 5.41) is 0. The van der Waals surface area contributed by atoms with Gasteiger partial charge < -0.3 is 4.42 Å². The van der Waals surface area contributed by atoms with Gasteiger partial charge in [0.15, 0.2) is 0 Å². The minimum Gasteiger partial charge on any atom is -0.457 e. The van der Waals surface area contributed by atoms with Crippen LogP contribution < -0.4 is 0 Å². The SMILES string of the molecule is Cc1ccc(CN2C(=O)C(=Cc3ccc(-c4cccc(F)c4)o3)SC2=S)cc1. The van der Waals surface area contributed by atoms with Gasteiger partial charge in [0.25, 0.3) is 5.91 Å². The molecule has 0 aliphatic carbocycles. The summed E-state index contributed by atoms with van der Waals surface area (Å²) < 4.78 is 19.7. The van der Waals surface area contributed by atoms with Crippen LogP contribution in [-0.4, -0.2) is 15.1 Å². The van der Waals surface area contributed by atoms with Crippen molar-refractivity contribution < 1.29 is 13.6 Å². The predicted molar refractivity (Wildman–Crippen MR) is 114 cm³/mol. The molecule has 2 aromatic carbocycles.